The van der Waals surface area contributed by atoms with Gasteiger partial charge < -0.3 is 10.8 Å². The molecular formula is C16H25NO2. The van der Waals surface area contributed by atoms with Gasteiger partial charge in [0, 0.05) is 5.69 Å². The Hall–Kier alpha value is -1.51. The van der Waals surface area contributed by atoms with Gasteiger partial charge in [-0.2, -0.15) is 0 Å². The van der Waals surface area contributed by atoms with Crippen molar-refractivity contribution in [3.8, 4) is 0 Å². The third kappa shape index (κ3) is 4.58. The van der Waals surface area contributed by atoms with Crippen LogP contribution in [0.4, 0.5) is 5.69 Å². The fourth-order valence-electron chi connectivity index (χ4n) is 2.54. The van der Waals surface area contributed by atoms with Gasteiger partial charge >= 0.3 is 5.97 Å². The van der Waals surface area contributed by atoms with E-state index in [1.807, 2.05) is 25.1 Å². The molecule has 0 aliphatic heterocycles. The Morgan fingerprint density at radius 1 is 1.26 bits per heavy atom. The molecule has 0 bridgehead atoms. The number of nitrogens with two attached hydrogens (primary N) is 1. The molecule has 0 amide bonds. The minimum atomic E-state index is -0.777. The number of carboxylic acids is 1. The lowest BCUT2D eigenvalue weighted by Crippen LogP contribution is -2.20. The molecule has 0 saturated heterocycles. The summed E-state index contributed by atoms with van der Waals surface area (Å²) in [6.07, 6.45) is 5.62. The second-order valence-electron chi connectivity index (χ2n) is 5.27. The van der Waals surface area contributed by atoms with E-state index >= 15 is 0 Å². The molecule has 106 valence electrons. The molecule has 1 aromatic rings. The third-order valence-electron chi connectivity index (χ3n) is 3.68. The first-order valence-electron chi connectivity index (χ1n) is 7.15. The number of anilines is 1. The molecule has 0 aliphatic carbocycles. The smallest absolute Gasteiger partial charge is 0.311 e. The van der Waals surface area contributed by atoms with Gasteiger partial charge in [0.25, 0.3) is 0 Å². The average Bonchev–Trinajstić information content (AvgIpc) is 2.37. The summed E-state index contributed by atoms with van der Waals surface area (Å²) in [5, 5.41) is 9.47. The van der Waals surface area contributed by atoms with Crippen molar-refractivity contribution in [2.24, 2.45) is 5.92 Å². The number of para-hydroxylation sites is 1. The van der Waals surface area contributed by atoms with Crippen LogP contribution < -0.4 is 5.73 Å². The van der Waals surface area contributed by atoms with Gasteiger partial charge in [-0.1, -0.05) is 57.7 Å². The number of carboxylic acid groups (broad SMARTS) is 1. The molecule has 1 rings (SSSR count). The van der Waals surface area contributed by atoms with Crippen LogP contribution in [-0.2, 0) is 4.79 Å². The number of nitrogen functional groups attached to an aromatic ring is 1. The third-order valence-corrected chi connectivity index (χ3v) is 3.68. The fourth-order valence-corrected chi connectivity index (χ4v) is 2.54. The summed E-state index contributed by atoms with van der Waals surface area (Å²) in [4.78, 5) is 11.5. The summed E-state index contributed by atoms with van der Waals surface area (Å²) in [7, 11) is 0. The minimum Gasteiger partial charge on any atom is -0.481 e. The molecule has 0 spiro atoms. The van der Waals surface area contributed by atoms with E-state index in [0.717, 1.165) is 18.4 Å². The zero-order valence-corrected chi connectivity index (χ0v) is 11.9. The van der Waals surface area contributed by atoms with Gasteiger partial charge in [0.1, 0.15) is 0 Å². The van der Waals surface area contributed by atoms with E-state index in [0.29, 0.717) is 5.69 Å². The minimum absolute atomic E-state index is 0.110. The lowest BCUT2D eigenvalue weighted by molar-refractivity contribution is -0.140. The first-order chi connectivity index (χ1) is 9.07. The van der Waals surface area contributed by atoms with Gasteiger partial charge in [-0.05, 0) is 24.0 Å². The van der Waals surface area contributed by atoms with E-state index in [4.69, 9.17) is 5.73 Å². The van der Waals surface area contributed by atoms with E-state index in [2.05, 4.69) is 6.92 Å². The predicted molar refractivity (Wildman–Crippen MR) is 79.2 cm³/mol. The van der Waals surface area contributed by atoms with Crippen LogP contribution in [0.5, 0.6) is 0 Å². The molecule has 0 fully saturated rings. The molecule has 0 saturated carbocycles. The van der Waals surface area contributed by atoms with Crippen molar-refractivity contribution in [1.82, 2.24) is 0 Å². The van der Waals surface area contributed by atoms with Crippen molar-refractivity contribution in [1.29, 1.82) is 0 Å². The highest BCUT2D eigenvalue weighted by Crippen LogP contribution is 2.32. The van der Waals surface area contributed by atoms with Crippen molar-refractivity contribution in [2.75, 3.05) is 5.73 Å². The Kier molecular flexibility index (Phi) is 6.40. The summed E-state index contributed by atoms with van der Waals surface area (Å²) >= 11 is 0. The predicted octanol–water partition coefficient (Wildman–Crippen LogP) is 4.04. The van der Waals surface area contributed by atoms with Crippen LogP contribution in [0.15, 0.2) is 24.3 Å². The second-order valence-corrected chi connectivity index (χ2v) is 5.27. The number of hydrogen-bond acceptors (Lipinski definition) is 2. The Morgan fingerprint density at radius 2 is 1.95 bits per heavy atom. The normalized spacial score (nSPS) is 14.0. The molecule has 2 atom stereocenters. The molecular weight excluding hydrogens is 238 g/mol. The number of hydrogen-bond donors (Lipinski definition) is 2. The summed E-state index contributed by atoms with van der Waals surface area (Å²) in [5.41, 5.74) is 7.24. The molecule has 19 heavy (non-hydrogen) atoms. The highest BCUT2D eigenvalue weighted by atomic mass is 16.4. The van der Waals surface area contributed by atoms with Crippen LogP contribution in [0.3, 0.4) is 0 Å². The standard InChI is InChI=1S/C16H25NO2/c1-3-4-5-6-9-12(2)15(16(18)19)13-10-7-8-11-14(13)17/h7-8,10-12,15H,3-6,9,17H2,1-2H3,(H,18,19). The van der Waals surface area contributed by atoms with E-state index in [9.17, 15) is 9.90 Å². The quantitative estimate of drug-likeness (QED) is 0.549. The van der Waals surface area contributed by atoms with Gasteiger partial charge in [0.05, 0.1) is 5.92 Å². The number of aliphatic carboxylic acids is 1. The van der Waals surface area contributed by atoms with Crippen LogP contribution >= 0.6 is 0 Å². The molecule has 1 aromatic carbocycles. The maximum Gasteiger partial charge on any atom is 0.311 e. The summed E-state index contributed by atoms with van der Waals surface area (Å²) < 4.78 is 0. The monoisotopic (exact) mass is 263 g/mol. The van der Waals surface area contributed by atoms with Gasteiger partial charge in [-0.25, -0.2) is 0 Å². The number of benzene rings is 1. The molecule has 0 aromatic heterocycles. The number of unbranched alkanes of at least 4 members (excludes halogenated alkanes) is 3. The van der Waals surface area contributed by atoms with Crippen molar-refractivity contribution in [3.63, 3.8) is 0 Å². The topological polar surface area (TPSA) is 63.3 Å². The SMILES string of the molecule is CCCCCCC(C)C(C(=O)O)c1ccccc1N. The number of rotatable bonds is 8. The summed E-state index contributed by atoms with van der Waals surface area (Å²) in [6.45, 7) is 4.19. The Morgan fingerprint density at radius 3 is 2.53 bits per heavy atom. The average molecular weight is 263 g/mol. The summed E-state index contributed by atoms with van der Waals surface area (Å²) in [5.74, 6) is -1.16. The van der Waals surface area contributed by atoms with E-state index < -0.39 is 11.9 Å². The van der Waals surface area contributed by atoms with Crippen LogP contribution in [0.2, 0.25) is 0 Å². The Bertz CT molecular complexity index is 403. The maximum absolute atomic E-state index is 11.5. The lowest BCUT2D eigenvalue weighted by atomic mass is 9.83. The van der Waals surface area contributed by atoms with E-state index in [1.165, 1.54) is 19.3 Å². The highest BCUT2D eigenvalue weighted by Gasteiger charge is 2.27. The molecule has 3 nitrogen and oxygen atoms in total. The Labute approximate surface area is 115 Å². The molecule has 0 heterocycles. The fraction of sp³-hybridized carbons (Fsp3) is 0.562. The van der Waals surface area contributed by atoms with Crippen LogP contribution in [-0.4, -0.2) is 11.1 Å². The van der Waals surface area contributed by atoms with Crippen molar-refractivity contribution >= 4 is 11.7 Å². The van der Waals surface area contributed by atoms with E-state index in [1.54, 1.807) is 6.07 Å². The Balaban J connectivity index is 2.72. The van der Waals surface area contributed by atoms with Crippen molar-refractivity contribution < 1.29 is 9.90 Å². The molecule has 3 N–H and O–H groups in total. The van der Waals surface area contributed by atoms with Crippen LogP contribution in [0, 0.1) is 5.92 Å². The molecule has 3 heteroatoms. The second kappa shape index (κ2) is 7.82. The van der Waals surface area contributed by atoms with Crippen LogP contribution in [0.25, 0.3) is 0 Å². The molecule has 0 aliphatic rings. The van der Waals surface area contributed by atoms with Crippen molar-refractivity contribution in [3.05, 3.63) is 29.8 Å². The van der Waals surface area contributed by atoms with E-state index in [-0.39, 0.29) is 5.92 Å². The zero-order valence-electron chi connectivity index (χ0n) is 11.9. The van der Waals surface area contributed by atoms with Crippen LogP contribution in [0.1, 0.15) is 57.4 Å². The van der Waals surface area contributed by atoms with Gasteiger partial charge in [-0.15, -0.1) is 0 Å². The summed E-state index contributed by atoms with van der Waals surface area (Å²) in [6, 6.07) is 7.29. The maximum atomic E-state index is 11.5. The van der Waals surface area contributed by atoms with Gasteiger partial charge in [-0.3, -0.25) is 4.79 Å². The molecule has 0 radical (unpaired) electrons. The largest absolute Gasteiger partial charge is 0.481 e. The zero-order chi connectivity index (χ0) is 14.3. The number of carbonyl (C=O) groups is 1. The molecule has 2 unspecified atom stereocenters. The van der Waals surface area contributed by atoms with Crippen molar-refractivity contribution in [2.45, 2.75) is 51.9 Å². The lowest BCUT2D eigenvalue weighted by Gasteiger charge is -2.22. The first kappa shape index (κ1) is 15.5. The first-order valence-corrected chi connectivity index (χ1v) is 7.15. The van der Waals surface area contributed by atoms with Gasteiger partial charge in [0.15, 0.2) is 0 Å². The van der Waals surface area contributed by atoms with Gasteiger partial charge in [0.2, 0.25) is 0 Å². The highest BCUT2D eigenvalue weighted by molar-refractivity contribution is 5.78.